The summed E-state index contributed by atoms with van der Waals surface area (Å²) < 4.78 is 50.8. The van der Waals surface area contributed by atoms with Crippen molar-refractivity contribution >= 4 is 9.84 Å². The van der Waals surface area contributed by atoms with E-state index in [-0.39, 0.29) is 11.3 Å². The van der Waals surface area contributed by atoms with E-state index in [0.29, 0.717) is 5.56 Å². The van der Waals surface area contributed by atoms with Gasteiger partial charge in [-0.05, 0) is 30.7 Å². The topological polar surface area (TPSA) is 54.4 Å². The summed E-state index contributed by atoms with van der Waals surface area (Å²) in [6.45, 7) is 1.88. The molecule has 2 aromatic rings. The van der Waals surface area contributed by atoms with Crippen LogP contribution in [0.1, 0.15) is 22.8 Å². The van der Waals surface area contributed by atoms with Crippen molar-refractivity contribution in [1.82, 2.24) is 0 Å². The van der Waals surface area contributed by atoms with Crippen molar-refractivity contribution in [2.24, 2.45) is 0 Å². The molecule has 2 rings (SSSR count). The molecule has 1 unspecified atom stereocenters. The molecule has 0 bridgehead atoms. The lowest BCUT2D eigenvalue weighted by Crippen LogP contribution is -2.17. The third kappa shape index (κ3) is 4.35. The van der Waals surface area contributed by atoms with Gasteiger partial charge in [0.05, 0.1) is 17.6 Å². The molecule has 0 aliphatic rings. The van der Waals surface area contributed by atoms with Crippen LogP contribution in [0, 0.1) is 18.6 Å². The van der Waals surface area contributed by atoms with Crippen molar-refractivity contribution in [2.75, 3.05) is 5.75 Å². The van der Waals surface area contributed by atoms with E-state index in [9.17, 15) is 22.3 Å². The summed E-state index contributed by atoms with van der Waals surface area (Å²) in [5.41, 5.74) is 1.23. The monoisotopic (exact) mass is 326 g/mol. The van der Waals surface area contributed by atoms with Crippen LogP contribution in [-0.2, 0) is 15.6 Å². The highest BCUT2D eigenvalue weighted by Crippen LogP contribution is 2.21. The van der Waals surface area contributed by atoms with Gasteiger partial charge in [0, 0.05) is 5.56 Å². The molecule has 0 aliphatic carbocycles. The largest absolute Gasteiger partial charge is 0.387 e. The maximum absolute atomic E-state index is 13.5. The average molecular weight is 326 g/mol. The molecule has 0 radical (unpaired) electrons. The summed E-state index contributed by atoms with van der Waals surface area (Å²) in [4.78, 5) is 0. The molecule has 0 spiro atoms. The van der Waals surface area contributed by atoms with Crippen LogP contribution in [0.15, 0.2) is 42.5 Å². The number of benzene rings is 2. The van der Waals surface area contributed by atoms with Crippen molar-refractivity contribution in [3.8, 4) is 0 Å². The Bertz CT molecular complexity index is 755. The van der Waals surface area contributed by atoms with Gasteiger partial charge >= 0.3 is 0 Å². The molecule has 0 amide bonds. The maximum Gasteiger partial charge on any atom is 0.157 e. The summed E-state index contributed by atoms with van der Waals surface area (Å²) >= 11 is 0. The number of hydrogen-bond donors (Lipinski definition) is 1. The second-order valence-electron chi connectivity index (χ2n) is 5.22. The Labute approximate surface area is 128 Å². The number of aliphatic hydroxyl groups excluding tert-OH is 1. The zero-order chi connectivity index (χ0) is 16.3. The van der Waals surface area contributed by atoms with Gasteiger partial charge in [0.25, 0.3) is 0 Å². The second kappa shape index (κ2) is 6.54. The Morgan fingerprint density at radius 2 is 1.73 bits per heavy atom. The Morgan fingerprint density at radius 1 is 1.09 bits per heavy atom. The Kier molecular flexibility index (Phi) is 4.93. The molecule has 3 nitrogen and oxygen atoms in total. The smallest absolute Gasteiger partial charge is 0.157 e. The van der Waals surface area contributed by atoms with Crippen LogP contribution in [0.3, 0.4) is 0 Å². The summed E-state index contributed by atoms with van der Waals surface area (Å²) in [5.74, 6) is -2.49. The fourth-order valence-corrected chi connectivity index (χ4v) is 3.58. The van der Waals surface area contributed by atoms with Crippen molar-refractivity contribution < 1.29 is 22.3 Å². The molecule has 1 N–H and O–H groups in total. The van der Waals surface area contributed by atoms with E-state index in [1.54, 1.807) is 24.3 Å². The van der Waals surface area contributed by atoms with Gasteiger partial charge in [-0.25, -0.2) is 17.2 Å². The van der Waals surface area contributed by atoms with Gasteiger partial charge in [-0.15, -0.1) is 0 Å². The lowest BCUT2D eigenvalue weighted by molar-refractivity contribution is 0.196. The number of aryl methyl sites for hydroxylation is 1. The van der Waals surface area contributed by atoms with Crippen molar-refractivity contribution in [2.45, 2.75) is 18.8 Å². The molecule has 0 saturated carbocycles. The van der Waals surface area contributed by atoms with Crippen LogP contribution in [0.2, 0.25) is 0 Å². The molecular weight excluding hydrogens is 310 g/mol. The van der Waals surface area contributed by atoms with Gasteiger partial charge < -0.3 is 5.11 Å². The SMILES string of the molecule is Cc1ccc(CS(=O)(=O)CC(O)c2cc(F)ccc2F)cc1. The summed E-state index contributed by atoms with van der Waals surface area (Å²) in [6, 6.07) is 9.51. The third-order valence-electron chi connectivity index (χ3n) is 3.24. The van der Waals surface area contributed by atoms with E-state index < -0.39 is 33.3 Å². The molecule has 0 fully saturated rings. The van der Waals surface area contributed by atoms with Gasteiger partial charge in [-0.1, -0.05) is 29.8 Å². The average Bonchev–Trinajstić information content (AvgIpc) is 2.43. The van der Waals surface area contributed by atoms with Crippen LogP contribution in [-0.4, -0.2) is 19.3 Å². The Morgan fingerprint density at radius 3 is 2.36 bits per heavy atom. The van der Waals surface area contributed by atoms with Gasteiger partial charge in [-0.2, -0.15) is 0 Å². The Balaban J connectivity index is 2.14. The molecule has 1 atom stereocenters. The summed E-state index contributed by atoms with van der Waals surface area (Å²) in [6.07, 6.45) is -1.61. The highest BCUT2D eigenvalue weighted by atomic mass is 32.2. The predicted molar refractivity (Wildman–Crippen MR) is 80.0 cm³/mol. The van der Waals surface area contributed by atoms with E-state index in [1.165, 1.54) is 0 Å². The van der Waals surface area contributed by atoms with E-state index in [2.05, 4.69) is 0 Å². The first-order valence-corrected chi connectivity index (χ1v) is 8.48. The van der Waals surface area contributed by atoms with E-state index >= 15 is 0 Å². The lowest BCUT2D eigenvalue weighted by Gasteiger charge is -2.13. The van der Waals surface area contributed by atoms with Crippen LogP contribution >= 0.6 is 0 Å². The number of hydrogen-bond acceptors (Lipinski definition) is 3. The molecule has 0 aromatic heterocycles. The number of halogens is 2. The highest BCUT2D eigenvalue weighted by Gasteiger charge is 2.22. The molecule has 0 heterocycles. The van der Waals surface area contributed by atoms with Crippen LogP contribution < -0.4 is 0 Å². The fourth-order valence-electron chi connectivity index (χ4n) is 2.10. The molecule has 0 saturated heterocycles. The summed E-state index contributed by atoms with van der Waals surface area (Å²) in [5, 5.41) is 9.90. The van der Waals surface area contributed by atoms with Crippen LogP contribution in [0.4, 0.5) is 8.78 Å². The van der Waals surface area contributed by atoms with Gasteiger partial charge in [0.2, 0.25) is 0 Å². The first-order valence-electron chi connectivity index (χ1n) is 6.66. The predicted octanol–water partition coefficient (Wildman–Crippen LogP) is 2.92. The second-order valence-corrected chi connectivity index (χ2v) is 7.33. The fraction of sp³-hybridized carbons (Fsp3) is 0.250. The lowest BCUT2D eigenvalue weighted by atomic mass is 10.1. The van der Waals surface area contributed by atoms with Crippen molar-refractivity contribution in [3.05, 3.63) is 70.8 Å². The highest BCUT2D eigenvalue weighted by molar-refractivity contribution is 7.90. The van der Waals surface area contributed by atoms with Gasteiger partial charge in [0.15, 0.2) is 9.84 Å². The first-order chi connectivity index (χ1) is 10.3. The van der Waals surface area contributed by atoms with Crippen molar-refractivity contribution in [3.63, 3.8) is 0 Å². The molecule has 118 valence electrons. The van der Waals surface area contributed by atoms with Crippen LogP contribution in [0.25, 0.3) is 0 Å². The van der Waals surface area contributed by atoms with E-state index in [4.69, 9.17) is 0 Å². The summed E-state index contributed by atoms with van der Waals surface area (Å²) in [7, 11) is -3.66. The molecule has 6 heteroatoms. The minimum Gasteiger partial charge on any atom is -0.387 e. The number of sulfone groups is 1. The standard InChI is InChI=1S/C16H16F2O3S/c1-11-2-4-12(5-3-11)9-22(20,21)10-16(19)14-8-13(17)6-7-15(14)18/h2-8,16,19H,9-10H2,1H3. The molecule has 2 aromatic carbocycles. The molecule has 22 heavy (non-hydrogen) atoms. The van der Waals surface area contributed by atoms with Gasteiger partial charge in [0.1, 0.15) is 11.6 Å². The Hall–Kier alpha value is -1.79. The normalized spacial score (nSPS) is 13.1. The zero-order valence-corrected chi connectivity index (χ0v) is 12.8. The minimum absolute atomic E-state index is 0.263. The zero-order valence-electron chi connectivity index (χ0n) is 12.0. The number of aliphatic hydroxyl groups is 1. The quantitative estimate of drug-likeness (QED) is 0.919. The maximum atomic E-state index is 13.5. The van der Waals surface area contributed by atoms with Crippen LogP contribution in [0.5, 0.6) is 0 Å². The molecular formula is C16H16F2O3S. The number of rotatable bonds is 5. The third-order valence-corrected chi connectivity index (χ3v) is 4.83. The molecule has 0 aliphatic heterocycles. The van der Waals surface area contributed by atoms with Gasteiger partial charge in [-0.3, -0.25) is 0 Å². The van der Waals surface area contributed by atoms with E-state index in [1.807, 2.05) is 6.92 Å². The minimum atomic E-state index is -3.66. The van der Waals surface area contributed by atoms with E-state index in [0.717, 1.165) is 23.8 Å². The first kappa shape index (κ1) is 16.6. The van der Waals surface area contributed by atoms with Crippen molar-refractivity contribution in [1.29, 1.82) is 0 Å².